The van der Waals surface area contributed by atoms with Gasteiger partial charge in [-0.05, 0) is 72.0 Å². The summed E-state index contributed by atoms with van der Waals surface area (Å²) in [7, 11) is 0. The van der Waals surface area contributed by atoms with Crippen molar-refractivity contribution in [2.75, 3.05) is 25.0 Å². The summed E-state index contributed by atoms with van der Waals surface area (Å²) in [5.74, 6) is -0.966. The number of Topliss-reactive ketones (excluding diaryl/α,β-unsaturated/α-hetero) is 1. The maximum atomic E-state index is 13.3. The molecular weight excluding hydrogens is 614 g/mol. The molecule has 47 heavy (non-hydrogen) atoms. The van der Waals surface area contributed by atoms with Crippen LogP contribution in [0.2, 0.25) is 0 Å². The molecule has 2 aromatic heterocycles. The average molecular weight is 646 g/mol. The lowest BCUT2D eigenvalue weighted by molar-refractivity contribution is -0.153. The number of amides is 1. The number of halogens is 4. The summed E-state index contributed by atoms with van der Waals surface area (Å²) in [6.45, 7) is 1.49. The Morgan fingerprint density at radius 2 is 1.64 bits per heavy atom. The smallest absolute Gasteiger partial charge is 0.422 e. The summed E-state index contributed by atoms with van der Waals surface area (Å²) in [6, 6.07) is 21.5. The van der Waals surface area contributed by atoms with E-state index >= 15 is 0 Å². The molecule has 3 aromatic carbocycles. The maximum absolute atomic E-state index is 13.3. The number of hydrogen-bond acceptors (Lipinski definition) is 6. The molecule has 1 amide bonds. The number of rotatable bonds is 10. The number of carbonyl (C=O) groups is 2. The van der Waals surface area contributed by atoms with Crippen LogP contribution < -0.4 is 10.1 Å². The molecule has 1 aliphatic heterocycles. The quantitative estimate of drug-likeness (QED) is 0.160. The lowest BCUT2D eigenvalue weighted by atomic mass is 9.92. The Bertz CT molecular complexity index is 1900. The van der Waals surface area contributed by atoms with Gasteiger partial charge < -0.3 is 15.0 Å². The van der Waals surface area contributed by atoms with Crippen molar-refractivity contribution in [3.8, 4) is 16.9 Å². The van der Waals surface area contributed by atoms with Crippen LogP contribution in [-0.2, 0) is 11.2 Å². The second-order valence-electron chi connectivity index (χ2n) is 11.5. The minimum atomic E-state index is -4.57. The Morgan fingerprint density at radius 1 is 0.936 bits per heavy atom. The summed E-state index contributed by atoms with van der Waals surface area (Å²) < 4.78 is 59.0. The van der Waals surface area contributed by atoms with E-state index in [9.17, 15) is 27.2 Å². The molecule has 1 atom stereocenters. The fraction of sp³-hybridized carbons (Fsp3) is 0.257. The number of fused-ring (bicyclic) bond motifs is 1. The Labute approximate surface area is 268 Å². The second-order valence-corrected chi connectivity index (χ2v) is 11.5. The molecule has 12 heteroatoms. The third-order valence-electron chi connectivity index (χ3n) is 8.11. The van der Waals surface area contributed by atoms with E-state index in [1.165, 1.54) is 30.3 Å². The van der Waals surface area contributed by atoms with Gasteiger partial charge in [-0.25, -0.2) is 8.91 Å². The molecule has 6 rings (SSSR count). The molecule has 1 fully saturated rings. The van der Waals surface area contributed by atoms with Crippen molar-refractivity contribution < 1.29 is 31.9 Å². The second kappa shape index (κ2) is 13.2. The van der Waals surface area contributed by atoms with Crippen molar-refractivity contribution in [2.24, 2.45) is 0 Å². The molecule has 0 spiro atoms. The first-order valence-electron chi connectivity index (χ1n) is 15.2. The van der Waals surface area contributed by atoms with Gasteiger partial charge >= 0.3 is 6.18 Å². The third-order valence-corrected chi connectivity index (χ3v) is 8.11. The highest BCUT2D eigenvalue weighted by atomic mass is 19.4. The first-order chi connectivity index (χ1) is 22.5. The number of aromatic nitrogens is 3. The monoisotopic (exact) mass is 645 g/mol. The topological polar surface area (TPSA) is 88.8 Å². The molecule has 0 bridgehead atoms. The van der Waals surface area contributed by atoms with E-state index in [1.807, 2.05) is 37.3 Å². The van der Waals surface area contributed by atoms with Crippen molar-refractivity contribution >= 4 is 29.0 Å². The van der Waals surface area contributed by atoms with Crippen LogP contribution in [0.1, 0.15) is 47.2 Å². The molecule has 242 valence electrons. The molecule has 5 aromatic rings. The van der Waals surface area contributed by atoms with Crippen molar-refractivity contribution in [2.45, 2.75) is 38.3 Å². The standard InChI is InChI=1S/C35H31F4N5O3/c1-22(24-8-12-28(36)13-9-24)30(45)18-23-4-6-25(7-5-23)27-11-15-32-41-34(42-44(32)20-27)40-29-14-10-26(33(46)43-16-2-3-17-43)19-31(29)47-21-35(37,38)39/h4-15,19-20,22H,2-3,16-18,21H2,1H3,(H,40,42)/t22-/m1/s1. The van der Waals surface area contributed by atoms with Crippen LogP contribution in [0.4, 0.5) is 29.2 Å². The van der Waals surface area contributed by atoms with Gasteiger partial charge in [0.05, 0.1) is 5.69 Å². The fourth-order valence-electron chi connectivity index (χ4n) is 5.47. The highest BCUT2D eigenvalue weighted by Crippen LogP contribution is 2.31. The van der Waals surface area contributed by atoms with Crippen LogP contribution in [0.15, 0.2) is 85.1 Å². The first-order valence-corrected chi connectivity index (χ1v) is 15.2. The predicted octanol–water partition coefficient (Wildman–Crippen LogP) is 7.37. The van der Waals surface area contributed by atoms with E-state index < -0.39 is 12.8 Å². The van der Waals surface area contributed by atoms with Crippen LogP contribution in [0.25, 0.3) is 16.8 Å². The highest BCUT2D eigenvalue weighted by Gasteiger charge is 2.29. The van der Waals surface area contributed by atoms with Crippen molar-refractivity contribution in [1.82, 2.24) is 19.5 Å². The van der Waals surface area contributed by atoms with Crippen molar-refractivity contribution in [3.63, 3.8) is 0 Å². The number of pyridine rings is 1. The van der Waals surface area contributed by atoms with Crippen molar-refractivity contribution in [3.05, 3.63) is 108 Å². The van der Waals surface area contributed by atoms with Gasteiger partial charge in [-0.1, -0.05) is 43.3 Å². The molecule has 3 heterocycles. The van der Waals surface area contributed by atoms with E-state index in [4.69, 9.17) is 4.74 Å². The zero-order chi connectivity index (χ0) is 33.1. The molecular formula is C35H31F4N5O3. The molecule has 1 saturated heterocycles. The number of benzene rings is 3. The summed E-state index contributed by atoms with van der Waals surface area (Å²) >= 11 is 0. The third kappa shape index (κ3) is 7.59. The Balaban J connectivity index is 1.17. The number of hydrogen-bond donors (Lipinski definition) is 1. The van der Waals surface area contributed by atoms with Crippen LogP contribution in [0.3, 0.4) is 0 Å². The summed E-state index contributed by atoms with van der Waals surface area (Å²) in [6.07, 6.45) is -0.799. The van der Waals surface area contributed by atoms with Crippen molar-refractivity contribution in [1.29, 1.82) is 0 Å². The molecule has 1 N–H and O–H groups in total. The van der Waals surface area contributed by atoms with Gasteiger partial charge in [0.1, 0.15) is 17.3 Å². The summed E-state index contributed by atoms with van der Waals surface area (Å²) in [4.78, 5) is 31.8. The molecule has 0 saturated carbocycles. The molecule has 0 aliphatic carbocycles. The highest BCUT2D eigenvalue weighted by molar-refractivity contribution is 5.95. The Hall–Kier alpha value is -5.26. The number of ketones is 1. The van der Waals surface area contributed by atoms with Gasteiger partial charge in [0.2, 0.25) is 5.95 Å². The maximum Gasteiger partial charge on any atom is 0.422 e. The van der Waals surface area contributed by atoms with E-state index in [-0.39, 0.29) is 52.8 Å². The minimum Gasteiger partial charge on any atom is -0.482 e. The van der Waals surface area contributed by atoms with E-state index in [1.54, 1.807) is 33.8 Å². The fourth-order valence-corrected chi connectivity index (χ4v) is 5.47. The number of likely N-dealkylation sites (tertiary alicyclic amines) is 1. The lowest BCUT2D eigenvalue weighted by Gasteiger charge is -2.18. The Kier molecular flexibility index (Phi) is 8.93. The molecule has 0 radical (unpaired) electrons. The van der Waals surface area contributed by atoms with Crippen LogP contribution >= 0.6 is 0 Å². The lowest BCUT2D eigenvalue weighted by Crippen LogP contribution is -2.27. The number of nitrogens with zero attached hydrogens (tertiary/aromatic N) is 4. The largest absolute Gasteiger partial charge is 0.482 e. The summed E-state index contributed by atoms with van der Waals surface area (Å²) in [5.41, 5.74) is 4.22. The molecule has 8 nitrogen and oxygen atoms in total. The number of nitrogens with one attached hydrogen (secondary N) is 1. The van der Waals surface area contributed by atoms with Gasteiger partial charge in [0.15, 0.2) is 12.3 Å². The predicted molar refractivity (Wildman–Crippen MR) is 168 cm³/mol. The van der Waals surface area contributed by atoms with Gasteiger partial charge in [-0.3, -0.25) is 9.59 Å². The minimum absolute atomic E-state index is 0.0215. The van der Waals surface area contributed by atoms with Gasteiger partial charge in [0.25, 0.3) is 5.91 Å². The zero-order valence-corrected chi connectivity index (χ0v) is 25.4. The molecule has 0 unspecified atom stereocenters. The summed E-state index contributed by atoms with van der Waals surface area (Å²) in [5, 5.41) is 7.38. The average Bonchev–Trinajstić information content (AvgIpc) is 3.74. The van der Waals surface area contributed by atoms with Gasteiger partial charge in [-0.2, -0.15) is 18.2 Å². The van der Waals surface area contributed by atoms with E-state index in [0.29, 0.717) is 18.7 Å². The van der Waals surface area contributed by atoms with Crippen LogP contribution in [-0.4, -0.2) is 57.1 Å². The van der Waals surface area contributed by atoms with Crippen LogP contribution in [0.5, 0.6) is 5.75 Å². The SMILES string of the molecule is C[C@@H](C(=O)Cc1ccc(-c2ccc3nc(Nc4ccc(C(=O)N5CCCC5)cc4OCC(F)(F)F)nn3c2)cc1)c1ccc(F)cc1. The van der Waals surface area contributed by atoms with Gasteiger partial charge in [-0.15, -0.1) is 5.10 Å². The Morgan fingerprint density at radius 3 is 2.34 bits per heavy atom. The molecule has 1 aliphatic rings. The first kappa shape index (κ1) is 31.7. The van der Waals surface area contributed by atoms with Gasteiger partial charge in [0, 0.05) is 42.8 Å². The van der Waals surface area contributed by atoms with E-state index in [0.717, 1.165) is 35.1 Å². The number of carbonyl (C=O) groups excluding carboxylic acids is 2. The van der Waals surface area contributed by atoms with E-state index in [2.05, 4.69) is 15.4 Å². The number of ether oxygens (including phenoxy) is 1. The number of anilines is 2. The number of alkyl halides is 3. The van der Waals surface area contributed by atoms with Crippen LogP contribution in [0, 0.1) is 5.82 Å². The normalized spacial score (nSPS) is 13.9. The zero-order valence-electron chi connectivity index (χ0n) is 25.4.